The number of rotatable bonds is 3. The third-order valence-corrected chi connectivity index (χ3v) is 2.56. The van der Waals surface area contributed by atoms with E-state index in [0.717, 1.165) is 6.07 Å². The lowest BCUT2D eigenvalue weighted by Crippen LogP contribution is -2.13. The molecule has 1 rings (SSSR count). The molecule has 0 spiro atoms. The van der Waals surface area contributed by atoms with Gasteiger partial charge in [0.2, 0.25) is 0 Å². The fourth-order valence-corrected chi connectivity index (χ4v) is 1.44. The van der Waals surface area contributed by atoms with Gasteiger partial charge in [0, 0.05) is 6.07 Å². The maximum atomic E-state index is 13.5. The third-order valence-electron chi connectivity index (χ3n) is 1.71. The Labute approximate surface area is 108 Å². The van der Waals surface area contributed by atoms with Gasteiger partial charge in [-0.2, -0.15) is 0 Å². The van der Waals surface area contributed by atoms with E-state index in [2.05, 4.69) is 20.9 Å². The fraction of sp³-hybridized carbons (Fsp3) is 0.125. The van der Waals surface area contributed by atoms with Crippen molar-refractivity contribution in [2.75, 3.05) is 5.88 Å². The van der Waals surface area contributed by atoms with Gasteiger partial charge >= 0.3 is 0 Å². The molecular formula is C8H5BrClF2N3O2. The standard InChI is InChI=1S/C8H5BrClF2N3O2/c9-3-1-4(15(16)17)8(7(12)6(3)11)14-5(13)2-10/h1H,2H2,(H2,13,14). The van der Waals surface area contributed by atoms with E-state index < -0.39 is 27.9 Å². The topological polar surface area (TPSA) is 81.5 Å². The zero-order valence-electron chi connectivity index (χ0n) is 8.08. The van der Waals surface area contributed by atoms with Gasteiger partial charge in [0.1, 0.15) is 5.84 Å². The number of benzene rings is 1. The Bertz CT molecular complexity index is 510. The number of nitro benzene ring substituents is 1. The first-order chi connectivity index (χ1) is 7.88. The van der Waals surface area contributed by atoms with Crippen molar-refractivity contribution in [3.05, 3.63) is 32.3 Å². The van der Waals surface area contributed by atoms with Crippen molar-refractivity contribution in [1.82, 2.24) is 0 Å². The molecule has 1 aromatic carbocycles. The summed E-state index contributed by atoms with van der Waals surface area (Å²) < 4.78 is 26.3. The first kappa shape index (κ1) is 13.8. The summed E-state index contributed by atoms with van der Waals surface area (Å²) >= 11 is 7.96. The van der Waals surface area contributed by atoms with Crippen molar-refractivity contribution in [3.8, 4) is 0 Å². The predicted molar refractivity (Wildman–Crippen MR) is 62.7 cm³/mol. The van der Waals surface area contributed by atoms with Gasteiger partial charge in [0.25, 0.3) is 5.69 Å². The summed E-state index contributed by atoms with van der Waals surface area (Å²) in [5.74, 6) is -3.25. The molecule has 0 saturated carbocycles. The quantitative estimate of drug-likeness (QED) is 0.231. The molecule has 0 radical (unpaired) electrons. The normalized spacial score (nSPS) is 11.6. The van der Waals surface area contributed by atoms with E-state index in [0.29, 0.717) is 0 Å². The Balaban J connectivity index is 3.55. The number of nitrogens with zero attached hydrogens (tertiary/aromatic N) is 2. The van der Waals surface area contributed by atoms with E-state index in [9.17, 15) is 18.9 Å². The summed E-state index contributed by atoms with van der Waals surface area (Å²) in [5.41, 5.74) is 3.74. The molecule has 1 aromatic rings. The number of amidine groups is 1. The maximum Gasteiger partial charge on any atom is 0.299 e. The van der Waals surface area contributed by atoms with E-state index in [1.54, 1.807) is 0 Å². The van der Waals surface area contributed by atoms with Gasteiger partial charge < -0.3 is 5.73 Å². The second kappa shape index (κ2) is 5.37. The molecule has 0 aliphatic carbocycles. The molecule has 2 N–H and O–H groups in total. The molecule has 0 aliphatic heterocycles. The van der Waals surface area contributed by atoms with Crippen LogP contribution in [-0.2, 0) is 0 Å². The summed E-state index contributed by atoms with van der Waals surface area (Å²) in [6.07, 6.45) is 0. The minimum atomic E-state index is -1.46. The van der Waals surface area contributed by atoms with E-state index >= 15 is 0 Å². The molecule has 0 amide bonds. The summed E-state index contributed by atoms with van der Waals surface area (Å²) in [6.45, 7) is 0. The lowest BCUT2D eigenvalue weighted by atomic mass is 10.2. The molecule has 0 unspecified atom stereocenters. The minimum absolute atomic E-state index is 0.254. The van der Waals surface area contributed by atoms with Crippen LogP contribution >= 0.6 is 27.5 Å². The van der Waals surface area contributed by atoms with E-state index in [1.807, 2.05) is 0 Å². The second-order valence-corrected chi connectivity index (χ2v) is 3.97. The van der Waals surface area contributed by atoms with Crippen LogP contribution in [0.4, 0.5) is 20.2 Å². The second-order valence-electron chi connectivity index (χ2n) is 2.85. The van der Waals surface area contributed by atoms with Gasteiger partial charge in [0.15, 0.2) is 17.3 Å². The number of hydrogen-bond donors (Lipinski definition) is 1. The summed E-state index contributed by atoms with van der Waals surface area (Å²) in [6, 6.07) is 0.804. The molecule has 0 bridgehead atoms. The average molecular weight is 328 g/mol. The summed E-state index contributed by atoms with van der Waals surface area (Å²) in [4.78, 5) is 13.1. The van der Waals surface area contributed by atoms with E-state index in [4.69, 9.17) is 17.3 Å². The van der Waals surface area contributed by atoms with Gasteiger partial charge in [0.05, 0.1) is 15.3 Å². The van der Waals surface area contributed by atoms with Gasteiger partial charge in [-0.15, -0.1) is 11.6 Å². The average Bonchev–Trinajstić information content (AvgIpc) is 2.28. The predicted octanol–water partition coefficient (Wildman–Crippen LogP) is 2.86. The Morgan fingerprint density at radius 1 is 1.59 bits per heavy atom. The summed E-state index contributed by atoms with van der Waals surface area (Å²) in [7, 11) is 0. The molecule has 92 valence electrons. The van der Waals surface area contributed by atoms with Crippen LogP contribution in [0, 0.1) is 21.7 Å². The van der Waals surface area contributed by atoms with Crippen molar-refractivity contribution < 1.29 is 13.7 Å². The van der Waals surface area contributed by atoms with Crippen LogP contribution in [0.2, 0.25) is 0 Å². The fourth-order valence-electron chi connectivity index (χ4n) is 0.992. The monoisotopic (exact) mass is 327 g/mol. The van der Waals surface area contributed by atoms with Crippen molar-refractivity contribution in [1.29, 1.82) is 0 Å². The lowest BCUT2D eigenvalue weighted by Gasteiger charge is -2.03. The highest BCUT2D eigenvalue weighted by Crippen LogP contribution is 2.36. The first-order valence-electron chi connectivity index (χ1n) is 4.09. The molecule has 0 fully saturated rings. The highest BCUT2D eigenvalue weighted by atomic mass is 79.9. The molecule has 0 saturated heterocycles. The Kier molecular flexibility index (Phi) is 4.35. The number of nitrogens with two attached hydrogens (primary N) is 1. The van der Waals surface area contributed by atoms with Crippen LogP contribution in [0.15, 0.2) is 15.5 Å². The number of alkyl halides is 1. The number of nitro groups is 1. The van der Waals surface area contributed by atoms with E-state index in [1.165, 1.54) is 0 Å². The van der Waals surface area contributed by atoms with Gasteiger partial charge in [-0.3, -0.25) is 10.1 Å². The van der Waals surface area contributed by atoms with Crippen LogP contribution in [-0.4, -0.2) is 16.6 Å². The van der Waals surface area contributed by atoms with Crippen molar-refractivity contribution in [2.24, 2.45) is 10.7 Å². The van der Waals surface area contributed by atoms with Crippen LogP contribution in [0.3, 0.4) is 0 Å². The van der Waals surface area contributed by atoms with Crippen molar-refractivity contribution >= 4 is 44.7 Å². The Morgan fingerprint density at radius 3 is 2.65 bits per heavy atom. The summed E-state index contributed by atoms with van der Waals surface area (Å²) in [5, 5.41) is 10.7. The van der Waals surface area contributed by atoms with Crippen LogP contribution in [0.25, 0.3) is 0 Å². The molecule has 17 heavy (non-hydrogen) atoms. The molecular weight excluding hydrogens is 323 g/mol. The van der Waals surface area contributed by atoms with Crippen molar-refractivity contribution in [3.63, 3.8) is 0 Å². The largest absolute Gasteiger partial charge is 0.386 e. The Hall–Kier alpha value is -1.28. The molecule has 0 atom stereocenters. The molecule has 0 aromatic heterocycles. The van der Waals surface area contributed by atoms with Crippen LogP contribution < -0.4 is 5.73 Å². The number of hydrogen-bond acceptors (Lipinski definition) is 3. The molecule has 5 nitrogen and oxygen atoms in total. The zero-order valence-corrected chi connectivity index (χ0v) is 10.4. The minimum Gasteiger partial charge on any atom is -0.386 e. The van der Waals surface area contributed by atoms with Crippen LogP contribution in [0.5, 0.6) is 0 Å². The van der Waals surface area contributed by atoms with Crippen LogP contribution in [0.1, 0.15) is 0 Å². The highest BCUT2D eigenvalue weighted by Gasteiger charge is 2.24. The van der Waals surface area contributed by atoms with Gasteiger partial charge in [-0.1, -0.05) is 0 Å². The lowest BCUT2D eigenvalue weighted by molar-refractivity contribution is -0.384. The van der Waals surface area contributed by atoms with E-state index in [-0.39, 0.29) is 16.2 Å². The molecule has 9 heteroatoms. The highest BCUT2D eigenvalue weighted by molar-refractivity contribution is 9.10. The molecule has 0 aliphatic rings. The maximum absolute atomic E-state index is 13.5. The smallest absolute Gasteiger partial charge is 0.299 e. The molecule has 0 heterocycles. The number of aliphatic imine (C=N–C) groups is 1. The van der Waals surface area contributed by atoms with Gasteiger partial charge in [-0.25, -0.2) is 13.8 Å². The Morgan fingerprint density at radius 2 is 2.18 bits per heavy atom. The number of halogens is 4. The van der Waals surface area contributed by atoms with Gasteiger partial charge in [-0.05, 0) is 15.9 Å². The third kappa shape index (κ3) is 2.89. The SMILES string of the molecule is NC(CCl)=Nc1c([N+](=O)[O-])cc(Br)c(F)c1F. The van der Waals surface area contributed by atoms with Crippen molar-refractivity contribution in [2.45, 2.75) is 0 Å². The first-order valence-corrected chi connectivity index (χ1v) is 5.42. The zero-order chi connectivity index (χ0) is 13.2.